The number of hydrogen-bond acceptors (Lipinski definition) is 2. The number of hydrogen-bond donors (Lipinski definition) is 1. The van der Waals surface area contributed by atoms with Crippen molar-refractivity contribution in [3.63, 3.8) is 0 Å². The first kappa shape index (κ1) is 17.5. The maximum Gasteiger partial charge on any atom is 0.227 e. The summed E-state index contributed by atoms with van der Waals surface area (Å²) in [7, 11) is 0. The number of phenols is 1. The third kappa shape index (κ3) is 4.59. The fourth-order valence-corrected chi connectivity index (χ4v) is 3.52. The summed E-state index contributed by atoms with van der Waals surface area (Å²) in [6.45, 7) is 1.49. The molecule has 0 spiro atoms. The van der Waals surface area contributed by atoms with E-state index in [9.17, 15) is 14.3 Å². The topological polar surface area (TPSA) is 40.5 Å². The van der Waals surface area contributed by atoms with Crippen molar-refractivity contribution < 1.29 is 14.3 Å². The molecule has 0 saturated carbocycles. The highest BCUT2D eigenvalue weighted by Crippen LogP contribution is 2.24. The average molecular weight is 341 g/mol. The minimum Gasteiger partial charge on any atom is -0.508 e. The number of phenolic OH excluding ortho intramolecular Hbond substituents is 1. The second-order valence-electron chi connectivity index (χ2n) is 6.78. The van der Waals surface area contributed by atoms with Crippen LogP contribution < -0.4 is 0 Å². The zero-order chi connectivity index (χ0) is 17.6. The lowest BCUT2D eigenvalue weighted by Gasteiger charge is -2.33. The van der Waals surface area contributed by atoms with E-state index in [0.29, 0.717) is 17.9 Å². The number of benzene rings is 2. The smallest absolute Gasteiger partial charge is 0.227 e. The lowest BCUT2D eigenvalue weighted by Crippen LogP contribution is -2.40. The Kier molecular flexibility index (Phi) is 5.69. The highest BCUT2D eigenvalue weighted by molar-refractivity contribution is 5.79. The number of aryl methyl sites for hydroxylation is 1. The molecule has 1 aliphatic heterocycles. The zero-order valence-electron chi connectivity index (χ0n) is 14.3. The van der Waals surface area contributed by atoms with Gasteiger partial charge in [-0.1, -0.05) is 36.4 Å². The Balaban J connectivity index is 1.55. The van der Waals surface area contributed by atoms with Gasteiger partial charge in [0.15, 0.2) is 0 Å². The lowest BCUT2D eigenvalue weighted by molar-refractivity contribution is -0.132. The van der Waals surface area contributed by atoms with Crippen LogP contribution in [0.3, 0.4) is 0 Å². The van der Waals surface area contributed by atoms with Crippen molar-refractivity contribution in [3.8, 4) is 5.75 Å². The average Bonchev–Trinajstić information content (AvgIpc) is 2.63. The second-order valence-corrected chi connectivity index (χ2v) is 6.78. The number of likely N-dealkylation sites (tertiary alicyclic amines) is 1. The summed E-state index contributed by atoms with van der Waals surface area (Å²) in [5, 5.41) is 9.84. The van der Waals surface area contributed by atoms with E-state index in [-0.39, 0.29) is 23.9 Å². The largest absolute Gasteiger partial charge is 0.508 e. The summed E-state index contributed by atoms with van der Waals surface area (Å²) in [4.78, 5) is 14.4. The van der Waals surface area contributed by atoms with Crippen molar-refractivity contribution in [1.82, 2.24) is 4.90 Å². The third-order valence-electron chi connectivity index (χ3n) is 4.98. The Hall–Kier alpha value is -2.36. The minimum atomic E-state index is -0.147. The molecule has 3 nitrogen and oxygen atoms in total. The first-order valence-electron chi connectivity index (χ1n) is 8.91. The van der Waals surface area contributed by atoms with E-state index >= 15 is 0 Å². The molecule has 1 amide bonds. The highest BCUT2D eigenvalue weighted by atomic mass is 19.1. The Morgan fingerprint density at radius 2 is 1.84 bits per heavy atom. The predicted octanol–water partition coefficient (Wildman–Crippen LogP) is 3.95. The van der Waals surface area contributed by atoms with Gasteiger partial charge < -0.3 is 10.0 Å². The van der Waals surface area contributed by atoms with Crippen molar-refractivity contribution in [2.75, 3.05) is 13.1 Å². The molecule has 1 heterocycles. The van der Waals surface area contributed by atoms with Crippen molar-refractivity contribution in [3.05, 3.63) is 65.5 Å². The van der Waals surface area contributed by atoms with E-state index in [1.165, 1.54) is 6.07 Å². The summed E-state index contributed by atoms with van der Waals surface area (Å²) in [6, 6.07) is 13.9. The van der Waals surface area contributed by atoms with Gasteiger partial charge in [-0.05, 0) is 49.3 Å². The first-order chi connectivity index (χ1) is 12.1. The van der Waals surface area contributed by atoms with Gasteiger partial charge in [-0.2, -0.15) is 0 Å². The molecule has 1 atom stereocenters. The van der Waals surface area contributed by atoms with E-state index in [2.05, 4.69) is 0 Å². The van der Waals surface area contributed by atoms with Crippen LogP contribution in [-0.4, -0.2) is 29.0 Å². The van der Waals surface area contributed by atoms with Gasteiger partial charge in [0.25, 0.3) is 0 Å². The van der Waals surface area contributed by atoms with Crippen molar-refractivity contribution >= 4 is 5.91 Å². The molecule has 132 valence electrons. The molecule has 2 aromatic carbocycles. The third-order valence-corrected chi connectivity index (χ3v) is 4.98. The molecule has 0 bridgehead atoms. The summed E-state index contributed by atoms with van der Waals surface area (Å²) in [5.74, 6) is 0.480. The number of carbonyl (C=O) groups excluding carboxylic acids is 1. The molecule has 2 aromatic rings. The number of amides is 1. The van der Waals surface area contributed by atoms with E-state index in [4.69, 9.17) is 0 Å². The molecule has 4 heteroatoms. The summed E-state index contributed by atoms with van der Waals surface area (Å²) in [5.41, 5.74) is 1.42. The minimum absolute atomic E-state index is 0.0529. The van der Waals surface area contributed by atoms with Gasteiger partial charge in [-0.3, -0.25) is 4.79 Å². The van der Waals surface area contributed by atoms with Crippen molar-refractivity contribution in [2.45, 2.75) is 32.1 Å². The van der Waals surface area contributed by atoms with Crippen molar-refractivity contribution in [2.24, 2.45) is 5.92 Å². The van der Waals surface area contributed by atoms with Gasteiger partial charge in [-0.15, -0.1) is 0 Å². The molecule has 1 N–H and O–H groups in total. The van der Waals surface area contributed by atoms with Gasteiger partial charge in [0.2, 0.25) is 5.91 Å². The van der Waals surface area contributed by atoms with Crippen LogP contribution in [0.1, 0.15) is 30.4 Å². The molecule has 1 fully saturated rings. The Bertz CT molecular complexity index is 731. The van der Waals surface area contributed by atoms with Gasteiger partial charge in [0.05, 0.1) is 6.42 Å². The molecule has 25 heavy (non-hydrogen) atoms. The predicted molar refractivity (Wildman–Crippen MR) is 95.8 cm³/mol. The standard InChI is InChI=1S/C21H24FNO2/c22-19-9-3-1-7-17(19)12-11-16-6-5-13-23(15-16)21(25)14-18-8-2-4-10-20(18)24/h1-4,7-10,16,24H,5-6,11-15H2/t16-/m1/s1. The molecular formula is C21H24FNO2. The number of piperidine rings is 1. The van der Waals surface area contributed by atoms with E-state index in [1.807, 2.05) is 23.1 Å². The molecule has 1 saturated heterocycles. The number of nitrogens with zero attached hydrogens (tertiary/aromatic N) is 1. The Labute approximate surface area is 148 Å². The molecule has 3 rings (SSSR count). The molecule has 0 aliphatic carbocycles. The van der Waals surface area contributed by atoms with Crippen LogP contribution in [0.5, 0.6) is 5.75 Å². The number of aromatic hydroxyl groups is 1. The fraction of sp³-hybridized carbons (Fsp3) is 0.381. The van der Waals surface area contributed by atoms with Gasteiger partial charge in [0.1, 0.15) is 11.6 Å². The number of rotatable bonds is 5. The SMILES string of the molecule is O=C(Cc1ccccc1O)N1CCC[C@H](CCc2ccccc2F)C1. The maximum absolute atomic E-state index is 13.7. The summed E-state index contributed by atoms with van der Waals surface area (Å²) >= 11 is 0. The van der Waals surface area contributed by atoms with Crippen LogP contribution in [0, 0.1) is 11.7 Å². The first-order valence-corrected chi connectivity index (χ1v) is 8.91. The normalized spacial score (nSPS) is 17.5. The van der Waals surface area contributed by atoms with Gasteiger partial charge in [-0.25, -0.2) is 4.39 Å². The van der Waals surface area contributed by atoms with Crippen LogP contribution in [-0.2, 0) is 17.6 Å². The van der Waals surface area contributed by atoms with E-state index in [0.717, 1.165) is 37.9 Å². The number of halogens is 1. The summed E-state index contributed by atoms with van der Waals surface area (Å²) < 4.78 is 13.7. The quantitative estimate of drug-likeness (QED) is 0.895. The van der Waals surface area contributed by atoms with Gasteiger partial charge >= 0.3 is 0 Å². The van der Waals surface area contributed by atoms with E-state index < -0.39 is 0 Å². The lowest BCUT2D eigenvalue weighted by atomic mass is 9.91. The Morgan fingerprint density at radius 1 is 1.12 bits per heavy atom. The zero-order valence-corrected chi connectivity index (χ0v) is 14.3. The second kappa shape index (κ2) is 8.15. The fourth-order valence-electron chi connectivity index (χ4n) is 3.52. The van der Waals surface area contributed by atoms with Crippen molar-refractivity contribution in [1.29, 1.82) is 0 Å². The van der Waals surface area contributed by atoms with Gasteiger partial charge in [0, 0.05) is 18.7 Å². The summed E-state index contributed by atoms with van der Waals surface area (Å²) in [6.07, 6.45) is 3.89. The van der Waals surface area contributed by atoms with Crippen LogP contribution in [0.4, 0.5) is 4.39 Å². The van der Waals surface area contributed by atoms with Crippen LogP contribution >= 0.6 is 0 Å². The molecular weight excluding hydrogens is 317 g/mol. The molecule has 0 radical (unpaired) electrons. The number of para-hydroxylation sites is 1. The Morgan fingerprint density at radius 3 is 2.60 bits per heavy atom. The van der Waals surface area contributed by atoms with Crippen LogP contribution in [0.25, 0.3) is 0 Å². The highest BCUT2D eigenvalue weighted by Gasteiger charge is 2.24. The maximum atomic E-state index is 13.7. The van der Waals surface area contributed by atoms with E-state index in [1.54, 1.807) is 24.3 Å². The molecule has 0 unspecified atom stereocenters. The monoisotopic (exact) mass is 341 g/mol. The molecule has 1 aliphatic rings. The van der Waals surface area contributed by atoms with Crippen LogP contribution in [0.15, 0.2) is 48.5 Å². The molecule has 0 aromatic heterocycles. The van der Waals surface area contributed by atoms with Crippen LogP contribution in [0.2, 0.25) is 0 Å². The number of carbonyl (C=O) groups is 1.